The lowest BCUT2D eigenvalue weighted by atomic mass is 10.2. The van der Waals surface area contributed by atoms with E-state index in [1.165, 1.54) is 0 Å². The summed E-state index contributed by atoms with van der Waals surface area (Å²) in [7, 11) is 1.83. The van der Waals surface area contributed by atoms with Gasteiger partial charge in [0.1, 0.15) is 5.82 Å². The molecule has 0 saturated carbocycles. The average molecular weight is 249 g/mol. The predicted octanol–water partition coefficient (Wildman–Crippen LogP) is 2.77. The second-order valence-corrected chi connectivity index (χ2v) is 4.53. The minimum atomic E-state index is 0.0268. The third-order valence-electron chi connectivity index (χ3n) is 3.14. The Morgan fingerprint density at radius 2 is 2.17 bits per heavy atom. The van der Waals surface area contributed by atoms with Crippen molar-refractivity contribution in [2.75, 3.05) is 18.9 Å². The number of hydrogen-bond acceptors (Lipinski definition) is 3. The summed E-state index contributed by atoms with van der Waals surface area (Å²) in [6.07, 6.45) is 3.64. The molecule has 1 atom stereocenters. The molecule has 0 saturated heterocycles. The summed E-state index contributed by atoms with van der Waals surface area (Å²) in [6, 6.07) is 3.93. The van der Waals surface area contributed by atoms with E-state index in [0.717, 1.165) is 25.2 Å². The number of carbonyl (C=O) groups excluding carboxylic acids is 1. The average Bonchev–Trinajstić information content (AvgIpc) is 2.43. The van der Waals surface area contributed by atoms with E-state index >= 15 is 0 Å². The molecule has 0 radical (unpaired) electrons. The summed E-state index contributed by atoms with van der Waals surface area (Å²) in [6.45, 7) is 7.12. The lowest BCUT2D eigenvalue weighted by Gasteiger charge is -2.23. The smallest absolute Gasteiger partial charge is 0.255 e. The molecule has 0 aromatic carbocycles. The number of rotatable bonds is 6. The Labute approximate surface area is 109 Å². The standard InChI is InChI=1S/C14H23N3O/c1-5-9-15-13-8-7-12(10-16-13)14(18)17(4)11(3)6-2/h7-8,10-11H,5-6,9H2,1-4H3,(H,15,16). The Kier molecular flexibility index (Phi) is 5.62. The molecule has 1 unspecified atom stereocenters. The molecule has 1 aromatic rings. The molecule has 1 aromatic heterocycles. The number of pyridine rings is 1. The molecule has 4 heteroatoms. The molecular weight excluding hydrogens is 226 g/mol. The normalized spacial score (nSPS) is 12.0. The first kappa shape index (κ1) is 14.5. The van der Waals surface area contributed by atoms with Crippen molar-refractivity contribution in [3.8, 4) is 0 Å². The lowest BCUT2D eigenvalue weighted by Crippen LogP contribution is -2.34. The zero-order chi connectivity index (χ0) is 13.5. The largest absolute Gasteiger partial charge is 0.370 e. The van der Waals surface area contributed by atoms with Gasteiger partial charge in [-0.15, -0.1) is 0 Å². The molecular formula is C14H23N3O. The summed E-state index contributed by atoms with van der Waals surface area (Å²) >= 11 is 0. The van der Waals surface area contributed by atoms with Crippen molar-refractivity contribution in [1.82, 2.24) is 9.88 Å². The van der Waals surface area contributed by atoms with Crippen molar-refractivity contribution < 1.29 is 4.79 Å². The molecule has 0 aliphatic rings. The van der Waals surface area contributed by atoms with Crippen LogP contribution in [-0.2, 0) is 0 Å². The number of nitrogens with zero attached hydrogens (tertiary/aromatic N) is 2. The van der Waals surface area contributed by atoms with Crippen molar-refractivity contribution >= 4 is 11.7 Å². The van der Waals surface area contributed by atoms with Crippen LogP contribution in [0.3, 0.4) is 0 Å². The fraction of sp³-hybridized carbons (Fsp3) is 0.571. The van der Waals surface area contributed by atoms with Gasteiger partial charge in [-0.1, -0.05) is 13.8 Å². The number of nitrogens with one attached hydrogen (secondary N) is 1. The van der Waals surface area contributed by atoms with E-state index in [0.29, 0.717) is 5.56 Å². The fourth-order valence-corrected chi connectivity index (χ4v) is 1.56. The van der Waals surface area contributed by atoms with E-state index in [1.807, 2.05) is 26.1 Å². The van der Waals surface area contributed by atoms with Crippen LogP contribution >= 0.6 is 0 Å². The molecule has 100 valence electrons. The Bertz CT molecular complexity index is 375. The summed E-state index contributed by atoms with van der Waals surface area (Å²) in [5, 5.41) is 3.19. The van der Waals surface area contributed by atoms with E-state index in [2.05, 4.69) is 24.1 Å². The first-order chi connectivity index (χ1) is 8.60. The Balaban J connectivity index is 2.69. The van der Waals surface area contributed by atoms with Crippen molar-refractivity contribution in [3.05, 3.63) is 23.9 Å². The Morgan fingerprint density at radius 3 is 2.67 bits per heavy atom. The van der Waals surface area contributed by atoms with Crippen LogP contribution in [-0.4, -0.2) is 35.4 Å². The summed E-state index contributed by atoms with van der Waals surface area (Å²) in [5.74, 6) is 0.846. The van der Waals surface area contributed by atoms with Gasteiger partial charge in [-0.05, 0) is 31.9 Å². The molecule has 0 aliphatic carbocycles. The van der Waals surface area contributed by atoms with E-state index in [9.17, 15) is 4.79 Å². The van der Waals surface area contributed by atoms with E-state index in [1.54, 1.807) is 11.1 Å². The molecule has 18 heavy (non-hydrogen) atoms. The molecule has 1 N–H and O–H groups in total. The van der Waals surface area contributed by atoms with Gasteiger partial charge in [0.05, 0.1) is 5.56 Å². The zero-order valence-electron chi connectivity index (χ0n) is 11.7. The molecule has 4 nitrogen and oxygen atoms in total. The van der Waals surface area contributed by atoms with Crippen LogP contribution in [0.2, 0.25) is 0 Å². The third kappa shape index (κ3) is 3.72. The number of carbonyl (C=O) groups is 1. The first-order valence-electron chi connectivity index (χ1n) is 6.57. The van der Waals surface area contributed by atoms with Crippen molar-refractivity contribution in [2.45, 2.75) is 39.7 Å². The van der Waals surface area contributed by atoms with Crippen LogP contribution in [0.25, 0.3) is 0 Å². The zero-order valence-corrected chi connectivity index (χ0v) is 11.7. The Hall–Kier alpha value is -1.58. The second kappa shape index (κ2) is 6.99. The van der Waals surface area contributed by atoms with E-state index in [4.69, 9.17) is 0 Å². The van der Waals surface area contributed by atoms with Gasteiger partial charge in [0.15, 0.2) is 0 Å². The molecule has 0 bridgehead atoms. The maximum absolute atomic E-state index is 12.1. The molecule has 0 fully saturated rings. The highest BCUT2D eigenvalue weighted by atomic mass is 16.2. The van der Waals surface area contributed by atoms with Gasteiger partial charge in [-0.2, -0.15) is 0 Å². The van der Waals surface area contributed by atoms with E-state index in [-0.39, 0.29) is 11.9 Å². The summed E-state index contributed by atoms with van der Waals surface area (Å²) in [4.78, 5) is 18.1. The first-order valence-corrected chi connectivity index (χ1v) is 6.57. The molecule has 0 aliphatic heterocycles. The molecule has 1 rings (SSSR count). The van der Waals surface area contributed by atoms with Crippen LogP contribution in [0.4, 0.5) is 5.82 Å². The van der Waals surface area contributed by atoms with Crippen LogP contribution in [0.1, 0.15) is 44.0 Å². The second-order valence-electron chi connectivity index (χ2n) is 4.53. The number of anilines is 1. The summed E-state index contributed by atoms with van der Waals surface area (Å²) in [5.41, 5.74) is 0.639. The topological polar surface area (TPSA) is 45.2 Å². The van der Waals surface area contributed by atoms with Gasteiger partial charge in [0, 0.05) is 25.8 Å². The van der Waals surface area contributed by atoms with Crippen molar-refractivity contribution in [1.29, 1.82) is 0 Å². The van der Waals surface area contributed by atoms with Crippen LogP contribution < -0.4 is 5.32 Å². The number of aromatic nitrogens is 1. The van der Waals surface area contributed by atoms with Gasteiger partial charge in [0.2, 0.25) is 0 Å². The maximum atomic E-state index is 12.1. The monoisotopic (exact) mass is 249 g/mol. The Morgan fingerprint density at radius 1 is 1.44 bits per heavy atom. The van der Waals surface area contributed by atoms with Crippen molar-refractivity contribution in [2.24, 2.45) is 0 Å². The summed E-state index contributed by atoms with van der Waals surface area (Å²) < 4.78 is 0. The quantitative estimate of drug-likeness (QED) is 0.843. The predicted molar refractivity (Wildman–Crippen MR) is 74.9 cm³/mol. The molecule has 0 spiro atoms. The number of amides is 1. The highest BCUT2D eigenvalue weighted by Crippen LogP contribution is 2.10. The van der Waals surface area contributed by atoms with Gasteiger partial charge < -0.3 is 10.2 Å². The van der Waals surface area contributed by atoms with Crippen molar-refractivity contribution in [3.63, 3.8) is 0 Å². The minimum absolute atomic E-state index is 0.0268. The maximum Gasteiger partial charge on any atom is 0.255 e. The lowest BCUT2D eigenvalue weighted by molar-refractivity contribution is 0.0740. The van der Waals surface area contributed by atoms with Crippen LogP contribution in [0.15, 0.2) is 18.3 Å². The van der Waals surface area contributed by atoms with Gasteiger partial charge in [0.25, 0.3) is 5.91 Å². The van der Waals surface area contributed by atoms with Gasteiger partial charge >= 0.3 is 0 Å². The van der Waals surface area contributed by atoms with Gasteiger partial charge in [-0.3, -0.25) is 4.79 Å². The van der Waals surface area contributed by atoms with Gasteiger partial charge in [-0.25, -0.2) is 4.98 Å². The molecule has 1 heterocycles. The van der Waals surface area contributed by atoms with E-state index < -0.39 is 0 Å². The third-order valence-corrected chi connectivity index (χ3v) is 3.14. The number of hydrogen-bond donors (Lipinski definition) is 1. The minimum Gasteiger partial charge on any atom is -0.370 e. The van der Waals surface area contributed by atoms with Crippen LogP contribution in [0.5, 0.6) is 0 Å². The van der Waals surface area contributed by atoms with Crippen LogP contribution in [0, 0.1) is 0 Å². The SMILES string of the molecule is CCCNc1ccc(C(=O)N(C)C(C)CC)cn1. The fourth-order valence-electron chi connectivity index (χ4n) is 1.56. The highest BCUT2D eigenvalue weighted by molar-refractivity contribution is 5.94. The molecule has 1 amide bonds. The highest BCUT2D eigenvalue weighted by Gasteiger charge is 2.16.